The summed E-state index contributed by atoms with van der Waals surface area (Å²) in [7, 11) is 0. The topological polar surface area (TPSA) is 0 Å². The molecule has 58 valence electrons. The molecule has 0 bridgehead atoms. The third-order valence-corrected chi connectivity index (χ3v) is 7.87. The Hall–Kier alpha value is 0.279. The fourth-order valence-corrected chi connectivity index (χ4v) is 6.85. The number of hydrogen-bond donors (Lipinski definition) is 0. The minimum atomic E-state index is -0.0339. The van der Waals surface area contributed by atoms with E-state index in [1.54, 1.807) is 0 Å². The molecule has 0 saturated carbocycles. The van der Waals surface area contributed by atoms with Crippen molar-refractivity contribution >= 4 is 21.1 Å². The summed E-state index contributed by atoms with van der Waals surface area (Å²) >= 11 is -0.0339. The van der Waals surface area contributed by atoms with Crippen LogP contribution in [-0.4, -0.2) is 21.1 Å². The fourth-order valence-electron chi connectivity index (χ4n) is 1.84. The van der Waals surface area contributed by atoms with E-state index in [0.717, 1.165) is 7.87 Å². The molecule has 0 N–H and O–H groups in total. The van der Waals surface area contributed by atoms with Gasteiger partial charge in [0.25, 0.3) is 0 Å². The molecule has 0 unspecified atom stereocenters. The van der Waals surface area contributed by atoms with Gasteiger partial charge in [-0.15, -0.1) is 0 Å². The molecule has 0 spiro atoms. The van der Waals surface area contributed by atoms with E-state index in [2.05, 4.69) is 24.3 Å². The van der Waals surface area contributed by atoms with E-state index in [0.29, 0.717) is 0 Å². The maximum atomic E-state index is 2.38. The molecule has 0 aromatic rings. The molecule has 0 amide bonds. The van der Waals surface area contributed by atoms with E-state index in [1.165, 1.54) is 25.7 Å². The summed E-state index contributed by atoms with van der Waals surface area (Å²) < 4.78 is 2.31. The SMILES string of the molecule is C1=CC[CH]([Sn][CH]2CC=CC2)C1. The van der Waals surface area contributed by atoms with Crippen molar-refractivity contribution in [2.45, 2.75) is 33.6 Å². The average molecular weight is 253 g/mol. The van der Waals surface area contributed by atoms with E-state index in [-0.39, 0.29) is 21.1 Å². The third-order valence-electron chi connectivity index (χ3n) is 2.49. The predicted octanol–water partition coefficient (Wildman–Crippen LogP) is 2.97. The van der Waals surface area contributed by atoms with Crippen molar-refractivity contribution in [2.24, 2.45) is 0 Å². The molecule has 0 aromatic carbocycles. The number of hydrogen-bond acceptors (Lipinski definition) is 0. The van der Waals surface area contributed by atoms with Crippen LogP contribution in [0.4, 0.5) is 0 Å². The molecule has 0 saturated heterocycles. The van der Waals surface area contributed by atoms with Crippen molar-refractivity contribution < 1.29 is 0 Å². The maximum absolute atomic E-state index is 2.38. The molecular weight excluding hydrogens is 239 g/mol. The van der Waals surface area contributed by atoms with Crippen molar-refractivity contribution in [3.63, 3.8) is 0 Å². The zero-order valence-electron chi connectivity index (χ0n) is 6.79. The first-order valence-corrected chi connectivity index (χ1v) is 7.81. The molecular formula is C10H14Sn. The zero-order chi connectivity index (χ0) is 7.52. The van der Waals surface area contributed by atoms with Crippen LogP contribution in [0, 0.1) is 0 Å². The van der Waals surface area contributed by atoms with E-state index in [9.17, 15) is 0 Å². The minimum absolute atomic E-state index is 0.0339. The van der Waals surface area contributed by atoms with E-state index in [1.807, 2.05) is 0 Å². The molecule has 0 fully saturated rings. The number of allylic oxidation sites excluding steroid dienone is 4. The van der Waals surface area contributed by atoms with Crippen LogP contribution in [0.15, 0.2) is 24.3 Å². The van der Waals surface area contributed by atoms with Crippen LogP contribution >= 0.6 is 0 Å². The Labute approximate surface area is 79.0 Å². The molecule has 2 aliphatic carbocycles. The fraction of sp³-hybridized carbons (Fsp3) is 0.600. The summed E-state index contributed by atoms with van der Waals surface area (Å²) in [6.07, 6.45) is 15.2. The second-order valence-electron chi connectivity index (χ2n) is 3.45. The van der Waals surface area contributed by atoms with Crippen molar-refractivity contribution in [3.05, 3.63) is 24.3 Å². The van der Waals surface area contributed by atoms with Gasteiger partial charge in [0.1, 0.15) is 0 Å². The van der Waals surface area contributed by atoms with E-state index in [4.69, 9.17) is 0 Å². The Kier molecular flexibility index (Phi) is 2.72. The van der Waals surface area contributed by atoms with Crippen LogP contribution in [0.1, 0.15) is 25.7 Å². The van der Waals surface area contributed by atoms with Gasteiger partial charge in [-0.3, -0.25) is 0 Å². The average Bonchev–Trinajstić information content (AvgIpc) is 2.60. The van der Waals surface area contributed by atoms with E-state index < -0.39 is 0 Å². The molecule has 11 heavy (non-hydrogen) atoms. The number of rotatable bonds is 2. The molecule has 0 heterocycles. The Balaban J connectivity index is 1.73. The first-order valence-electron chi connectivity index (χ1n) is 4.51. The molecule has 0 aliphatic heterocycles. The van der Waals surface area contributed by atoms with Gasteiger partial charge < -0.3 is 0 Å². The van der Waals surface area contributed by atoms with Gasteiger partial charge in [0, 0.05) is 0 Å². The summed E-state index contributed by atoms with van der Waals surface area (Å²) in [5.41, 5.74) is 0. The second-order valence-corrected chi connectivity index (χ2v) is 9.06. The van der Waals surface area contributed by atoms with E-state index >= 15 is 0 Å². The summed E-state index contributed by atoms with van der Waals surface area (Å²) in [6, 6.07) is 0. The van der Waals surface area contributed by atoms with Crippen LogP contribution in [-0.2, 0) is 0 Å². The second kappa shape index (κ2) is 3.79. The quantitative estimate of drug-likeness (QED) is 0.524. The molecule has 1 heteroatoms. The van der Waals surface area contributed by atoms with Gasteiger partial charge in [0.2, 0.25) is 0 Å². The summed E-state index contributed by atoms with van der Waals surface area (Å²) in [4.78, 5) is 0. The predicted molar refractivity (Wildman–Crippen MR) is 50.0 cm³/mol. The summed E-state index contributed by atoms with van der Waals surface area (Å²) in [6.45, 7) is 0. The van der Waals surface area contributed by atoms with Crippen molar-refractivity contribution in [3.8, 4) is 0 Å². The van der Waals surface area contributed by atoms with Crippen LogP contribution < -0.4 is 0 Å². The van der Waals surface area contributed by atoms with Gasteiger partial charge in [-0.1, -0.05) is 0 Å². The zero-order valence-corrected chi connectivity index (χ0v) is 9.65. The Morgan fingerprint density at radius 1 is 0.727 bits per heavy atom. The van der Waals surface area contributed by atoms with Gasteiger partial charge in [-0.2, -0.15) is 0 Å². The Morgan fingerprint density at radius 3 is 1.45 bits per heavy atom. The summed E-state index contributed by atoms with van der Waals surface area (Å²) in [5.74, 6) is 0. The van der Waals surface area contributed by atoms with Crippen molar-refractivity contribution in [1.82, 2.24) is 0 Å². The summed E-state index contributed by atoms with van der Waals surface area (Å²) in [5, 5.41) is 0. The van der Waals surface area contributed by atoms with Gasteiger partial charge in [-0.25, -0.2) is 0 Å². The van der Waals surface area contributed by atoms with Gasteiger partial charge in [0.15, 0.2) is 0 Å². The van der Waals surface area contributed by atoms with Crippen LogP contribution in [0.2, 0.25) is 7.87 Å². The molecule has 2 radical (unpaired) electrons. The van der Waals surface area contributed by atoms with Gasteiger partial charge >= 0.3 is 79.0 Å². The van der Waals surface area contributed by atoms with Gasteiger partial charge in [-0.05, 0) is 0 Å². The Bertz CT molecular complexity index is 145. The van der Waals surface area contributed by atoms with Gasteiger partial charge in [0.05, 0.1) is 0 Å². The molecule has 2 rings (SSSR count). The Morgan fingerprint density at radius 2 is 1.09 bits per heavy atom. The molecule has 0 aromatic heterocycles. The normalized spacial score (nSPS) is 25.5. The molecule has 0 atom stereocenters. The molecule has 2 aliphatic rings. The van der Waals surface area contributed by atoms with Crippen LogP contribution in [0.3, 0.4) is 0 Å². The van der Waals surface area contributed by atoms with Crippen molar-refractivity contribution in [2.75, 3.05) is 0 Å². The monoisotopic (exact) mass is 254 g/mol. The molecule has 0 nitrogen and oxygen atoms in total. The van der Waals surface area contributed by atoms with Crippen LogP contribution in [0.5, 0.6) is 0 Å². The van der Waals surface area contributed by atoms with Crippen molar-refractivity contribution in [1.29, 1.82) is 0 Å². The first-order chi connectivity index (χ1) is 5.45. The van der Waals surface area contributed by atoms with Crippen LogP contribution in [0.25, 0.3) is 0 Å². The standard InChI is InChI=1S/2C5H7.Sn/c2*1-2-4-5-3-1;/h2*1-2,5H,3-4H2;. The first kappa shape index (κ1) is 7.90. The third kappa shape index (κ3) is 2.11.